The zero-order valence-electron chi connectivity index (χ0n) is 13.8. The molecule has 0 heterocycles. The van der Waals surface area contributed by atoms with Crippen molar-refractivity contribution in [3.63, 3.8) is 0 Å². The van der Waals surface area contributed by atoms with E-state index < -0.39 is 17.0 Å². The third-order valence-corrected chi connectivity index (χ3v) is 5.48. The van der Waals surface area contributed by atoms with Gasteiger partial charge in [0.05, 0.1) is 0 Å². The zero-order valence-corrected chi connectivity index (χ0v) is 16.9. The molecule has 10 radical (unpaired) electrons. The van der Waals surface area contributed by atoms with E-state index in [1.54, 1.807) is 23.7 Å². The fourth-order valence-electron chi connectivity index (χ4n) is 4.12. The fourth-order valence-corrected chi connectivity index (χ4v) is 4.12. The molecule has 0 N–H and O–H groups in total. The van der Waals surface area contributed by atoms with E-state index in [0.29, 0.717) is 5.41 Å². The molecule has 0 aromatic rings. The van der Waals surface area contributed by atoms with Crippen molar-refractivity contribution in [2.45, 2.75) is 40.5 Å². The first-order chi connectivity index (χ1) is 10.4. The second-order valence-electron chi connectivity index (χ2n) is 6.95. The van der Waals surface area contributed by atoms with Crippen molar-refractivity contribution in [1.82, 2.24) is 0 Å². The van der Waals surface area contributed by atoms with Crippen LogP contribution in [0.5, 0.6) is 0 Å². The Kier molecular flexibility index (Phi) is 7.66. The van der Waals surface area contributed by atoms with E-state index in [4.69, 9.17) is 18.6 Å². The monoisotopic (exact) mass is 370 g/mol. The van der Waals surface area contributed by atoms with Crippen LogP contribution in [0.4, 0.5) is 0 Å². The molecule has 5 rings (SSSR count). The molecule has 22 heavy (non-hydrogen) atoms. The molecular weight excluding hydrogens is 347 g/mol. The standard InChI is InChI=1S/C14H19.C5H5.2ClH.Ti/c1-8-5-9(2)13-11(8)6-10-7-12(13)14(10,3)4;1-2-4-5-3-1;;;/h5,10,12H,6-7H2,1-4H3;1-5H;2*1H;/q;;;;+2/p-2. The summed E-state index contributed by atoms with van der Waals surface area (Å²) in [5, 5.41) is 0. The molecule has 5 saturated carbocycles. The van der Waals surface area contributed by atoms with Crippen molar-refractivity contribution >= 4 is 18.6 Å². The van der Waals surface area contributed by atoms with Crippen LogP contribution in [-0.2, 0) is 17.0 Å². The maximum atomic E-state index is 4.89. The van der Waals surface area contributed by atoms with Gasteiger partial charge < -0.3 is 0 Å². The van der Waals surface area contributed by atoms with Crippen molar-refractivity contribution < 1.29 is 17.0 Å². The number of rotatable bonds is 0. The first-order valence-corrected chi connectivity index (χ1v) is 12.1. The number of hydrogen-bond donors (Lipinski definition) is 0. The van der Waals surface area contributed by atoms with Gasteiger partial charge in [-0.1, -0.05) is 27.7 Å². The van der Waals surface area contributed by atoms with Crippen LogP contribution in [0.15, 0.2) is 0 Å². The van der Waals surface area contributed by atoms with Gasteiger partial charge in [0.15, 0.2) is 0 Å². The van der Waals surface area contributed by atoms with Gasteiger partial charge in [-0.3, -0.25) is 0 Å². The van der Waals surface area contributed by atoms with Gasteiger partial charge in [0, 0.05) is 0 Å². The van der Waals surface area contributed by atoms with Crippen molar-refractivity contribution in [2.24, 2.45) is 17.3 Å². The summed E-state index contributed by atoms with van der Waals surface area (Å²) in [5.74, 6) is 8.33. The summed E-state index contributed by atoms with van der Waals surface area (Å²) in [4.78, 5) is 0. The van der Waals surface area contributed by atoms with Gasteiger partial charge in [0.2, 0.25) is 0 Å². The molecule has 5 aliphatic carbocycles. The van der Waals surface area contributed by atoms with Crippen LogP contribution in [0.25, 0.3) is 0 Å². The summed E-state index contributed by atoms with van der Waals surface area (Å²) in [6.45, 7) is 9.48. The molecule has 5 aliphatic rings. The average molecular weight is 371 g/mol. The Morgan fingerprint density at radius 2 is 1.50 bits per heavy atom. The molecule has 3 heteroatoms. The van der Waals surface area contributed by atoms with Crippen LogP contribution in [0.2, 0.25) is 0 Å². The summed E-state index contributed by atoms with van der Waals surface area (Å²) in [6.07, 6.45) is 15.2. The van der Waals surface area contributed by atoms with E-state index in [9.17, 15) is 0 Å². The van der Waals surface area contributed by atoms with Gasteiger partial charge in [0.1, 0.15) is 0 Å². The molecule has 2 unspecified atom stereocenters. The van der Waals surface area contributed by atoms with Crippen LogP contribution >= 0.6 is 18.6 Å². The van der Waals surface area contributed by atoms with Gasteiger partial charge in [0.25, 0.3) is 0 Å². The van der Waals surface area contributed by atoms with Crippen LogP contribution < -0.4 is 0 Å². The molecule has 2 bridgehead atoms. The van der Waals surface area contributed by atoms with Crippen LogP contribution in [-0.4, -0.2) is 0 Å². The number of halogens is 2. The Hall–Kier alpha value is 1.29. The molecule has 2 atom stereocenters. The summed E-state index contributed by atoms with van der Waals surface area (Å²) >= 11 is -0.556. The summed E-state index contributed by atoms with van der Waals surface area (Å²) in [6, 6.07) is 0. The molecule has 0 amide bonds. The molecule has 0 aromatic carbocycles. The van der Waals surface area contributed by atoms with Crippen molar-refractivity contribution in [1.29, 1.82) is 0 Å². The molecule has 118 valence electrons. The van der Waals surface area contributed by atoms with E-state index in [2.05, 4.69) is 34.1 Å². The third-order valence-electron chi connectivity index (χ3n) is 5.48. The Morgan fingerprint density at radius 3 is 1.95 bits per heavy atom. The van der Waals surface area contributed by atoms with E-state index in [0.717, 1.165) is 11.8 Å². The minimum absolute atomic E-state index is 0.556. The van der Waals surface area contributed by atoms with Gasteiger partial charge in [-0.2, -0.15) is 0 Å². The van der Waals surface area contributed by atoms with Crippen molar-refractivity contribution in [3.8, 4) is 0 Å². The third kappa shape index (κ3) is 4.09. The molecule has 0 spiro atoms. The van der Waals surface area contributed by atoms with Gasteiger partial charge in [-0.25, -0.2) is 0 Å². The molecule has 5 fully saturated rings. The van der Waals surface area contributed by atoms with E-state index in [-0.39, 0.29) is 0 Å². The zero-order chi connectivity index (χ0) is 16.3. The first kappa shape index (κ1) is 19.6. The second kappa shape index (κ2) is 8.60. The molecule has 0 saturated heterocycles. The van der Waals surface area contributed by atoms with Crippen molar-refractivity contribution in [2.75, 3.05) is 0 Å². The van der Waals surface area contributed by atoms with Gasteiger partial charge in [-0.05, 0) is 92.3 Å². The quantitative estimate of drug-likeness (QED) is 0.458. The summed E-state index contributed by atoms with van der Waals surface area (Å²) in [7, 11) is 9.78. The topological polar surface area (TPSA) is 0 Å². The van der Waals surface area contributed by atoms with E-state index >= 15 is 0 Å². The SMILES string of the molecule is C[C]1[CH][C](C)[C]2[C]1CC1CC2C1(C)C.[CH]1[CH][CH][CH][CH]1.[Cl][Ti][Cl]. The van der Waals surface area contributed by atoms with E-state index in [1.807, 2.05) is 32.1 Å². The maximum absolute atomic E-state index is 4.89. The minimum atomic E-state index is -0.556. The molecular formula is C19H24Cl2Ti. The van der Waals surface area contributed by atoms with Gasteiger partial charge in [-0.15, -0.1) is 0 Å². The molecule has 0 nitrogen and oxygen atoms in total. The Labute approximate surface area is 155 Å². The van der Waals surface area contributed by atoms with Crippen LogP contribution in [0.1, 0.15) is 40.5 Å². The molecule has 0 aromatic heterocycles. The Bertz CT molecular complexity index is 333. The van der Waals surface area contributed by atoms with Crippen LogP contribution in [0, 0.1) is 79.4 Å². The Morgan fingerprint density at radius 1 is 1.00 bits per heavy atom. The second-order valence-corrected chi connectivity index (χ2v) is 9.53. The Balaban J connectivity index is 0.000000184. The summed E-state index contributed by atoms with van der Waals surface area (Å²) < 4.78 is 0. The van der Waals surface area contributed by atoms with Crippen LogP contribution in [0.3, 0.4) is 0 Å². The summed E-state index contributed by atoms with van der Waals surface area (Å²) in [5.41, 5.74) is 0.582. The van der Waals surface area contributed by atoms with Gasteiger partial charge >= 0.3 is 35.6 Å². The normalized spacial score (nSPS) is 33.9. The number of hydrogen-bond acceptors (Lipinski definition) is 0. The average Bonchev–Trinajstić information content (AvgIpc) is 3.13. The fraction of sp³-hybridized carbons (Fsp3) is 0.474. The molecule has 0 aliphatic heterocycles. The van der Waals surface area contributed by atoms with E-state index in [1.165, 1.54) is 12.8 Å². The van der Waals surface area contributed by atoms with Crippen molar-refractivity contribution in [3.05, 3.63) is 62.2 Å². The first-order valence-electron chi connectivity index (χ1n) is 7.82. The predicted molar refractivity (Wildman–Crippen MR) is 91.8 cm³/mol. The predicted octanol–water partition coefficient (Wildman–Crippen LogP) is 6.01.